The summed E-state index contributed by atoms with van der Waals surface area (Å²) in [6, 6.07) is 11.0. The molecule has 0 saturated carbocycles. The van der Waals surface area contributed by atoms with Crippen molar-refractivity contribution in [1.82, 2.24) is 0 Å². The molecular weight excluding hydrogens is 327 g/mol. The second-order valence-electron chi connectivity index (χ2n) is 4.34. The van der Waals surface area contributed by atoms with Gasteiger partial charge < -0.3 is 5.32 Å². The average molecular weight is 339 g/mol. The minimum Gasteiger partial charge on any atom is -0.373 e. The first kappa shape index (κ1) is 14.5. The standard InChI is InChI=1S/C14H12BrFN2O2/c1-9(10-3-2-4-11(15)7-10)17-13-6-5-12(16)8-14(13)18(19)20/h2-9,17H,1H3. The second-order valence-corrected chi connectivity index (χ2v) is 5.26. The van der Waals surface area contributed by atoms with Crippen LogP contribution in [0.3, 0.4) is 0 Å². The third kappa shape index (κ3) is 3.33. The summed E-state index contributed by atoms with van der Waals surface area (Å²) >= 11 is 3.38. The molecule has 2 rings (SSSR count). The third-order valence-electron chi connectivity index (χ3n) is 2.88. The van der Waals surface area contributed by atoms with Gasteiger partial charge in [0.05, 0.1) is 11.0 Å². The van der Waals surface area contributed by atoms with E-state index >= 15 is 0 Å². The van der Waals surface area contributed by atoms with Gasteiger partial charge in [-0.15, -0.1) is 0 Å². The maximum Gasteiger partial charge on any atom is 0.295 e. The Morgan fingerprint density at radius 3 is 2.70 bits per heavy atom. The van der Waals surface area contributed by atoms with E-state index in [1.54, 1.807) is 0 Å². The van der Waals surface area contributed by atoms with Gasteiger partial charge in [-0.2, -0.15) is 0 Å². The van der Waals surface area contributed by atoms with Crippen LogP contribution in [0.4, 0.5) is 15.8 Å². The molecule has 0 aliphatic rings. The molecule has 4 nitrogen and oxygen atoms in total. The number of nitro benzene ring substituents is 1. The Kier molecular flexibility index (Phi) is 4.34. The van der Waals surface area contributed by atoms with Crippen molar-refractivity contribution in [3.8, 4) is 0 Å². The largest absolute Gasteiger partial charge is 0.373 e. The Hall–Kier alpha value is -1.95. The number of rotatable bonds is 4. The van der Waals surface area contributed by atoms with E-state index in [0.717, 1.165) is 16.1 Å². The lowest BCUT2D eigenvalue weighted by atomic mass is 10.1. The van der Waals surface area contributed by atoms with Crippen LogP contribution in [-0.4, -0.2) is 4.92 Å². The van der Waals surface area contributed by atoms with Crippen LogP contribution in [0.25, 0.3) is 0 Å². The van der Waals surface area contributed by atoms with Crippen molar-refractivity contribution in [3.05, 3.63) is 68.4 Å². The van der Waals surface area contributed by atoms with Crippen LogP contribution in [0.15, 0.2) is 46.9 Å². The van der Waals surface area contributed by atoms with Gasteiger partial charge in [0, 0.05) is 10.5 Å². The van der Waals surface area contributed by atoms with Gasteiger partial charge in [-0.25, -0.2) is 4.39 Å². The minimum atomic E-state index is -0.627. The number of hydrogen-bond donors (Lipinski definition) is 1. The second kappa shape index (κ2) is 6.00. The fourth-order valence-electron chi connectivity index (χ4n) is 1.87. The Balaban J connectivity index is 2.28. The molecule has 0 radical (unpaired) electrons. The van der Waals surface area contributed by atoms with Gasteiger partial charge in [0.2, 0.25) is 0 Å². The highest BCUT2D eigenvalue weighted by Crippen LogP contribution is 2.29. The molecule has 0 aromatic heterocycles. The van der Waals surface area contributed by atoms with Crippen molar-refractivity contribution in [2.45, 2.75) is 13.0 Å². The fraction of sp³-hybridized carbons (Fsp3) is 0.143. The molecule has 0 aliphatic carbocycles. The number of nitrogens with one attached hydrogen (secondary N) is 1. The Labute approximate surface area is 123 Å². The molecule has 0 amide bonds. The van der Waals surface area contributed by atoms with Crippen LogP contribution < -0.4 is 5.32 Å². The molecule has 2 aromatic carbocycles. The molecule has 0 saturated heterocycles. The van der Waals surface area contributed by atoms with Crippen LogP contribution in [0.2, 0.25) is 0 Å². The SMILES string of the molecule is CC(Nc1ccc(F)cc1[N+](=O)[O-])c1cccc(Br)c1. The Morgan fingerprint density at radius 1 is 1.30 bits per heavy atom. The van der Waals surface area contributed by atoms with Crippen molar-refractivity contribution >= 4 is 27.3 Å². The van der Waals surface area contributed by atoms with E-state index in [4.69, 9.17) is 0 Å². The van der Waals surface area contributed by atoms with Gasteiger partial charge in [-0.3, -0.25) is 10.1 Å². The van der Waals surface area contributed by atoms with Crippen molar-refractivity contribution in [1.29, 1.82) is 0 Å². The third-order valence-corrected chi connectivity index (χ3v) is 3.37. The van der Waals surface area contributed by atoms with Crippen LogP contribution in [0.5, 0.6) is 0 Å². The van der Waals surface area contributed by atoms with E-state index in [1.165, 1.54) is 12.1 Å². The molecule has 6 heteroatoms. The zero-order chi connectivity index (χ0) is 14.7. The molecule has 104 valence electrons. The predicted octanol–water partition coefficient (Wildman–Crippen LogP) is 4.67. The summed E-state index contributed by atoms with van der Waals surface area (Å²) in [7, 11) is 0. The van der Waals surface area contributed by atoms with Crippen LogP contribution >= 0.6 is 15.9 Å². The van der Waals surface area contributed by atoms with E-state index in [9.17, 15) is 14.5 Å². The van der Waals surface area contributed by atoms with Gasteiger partial charge in [0.15, 0.2) is 0 Å². The zero-order valence-electron chi connectivity index (χ0n) is 10.6. The van der Waals surface area contributed by atoms with Gasteiger partial charge in [0.25, 0.3) is 5.69 Å². The minimum absolute atomic E-state index is 0.142. The topological polar surface area (TPSA) is 55.2 Å². The van der Waals surface area contributed by atoms with Crippen molar-refractivity contribution < 1.29 is 9.31 Å². The Bertz CT molecular complexity index is 649. The van der Waals surface area contributed by atoms with Crippen LogP contribution in [-0.2, 0) is 0 Å². The van der Waals surface area contributed by atoms with E-state index in [-0.39, 0.29) is 11.7 Å². The number of nitro groups is 1. The molecule has 2 aromatic rings. The molecule has 20 heavy (non-hydrogen) atoms. The number of anilines is 1. The van der Waals surface area contributed by atoms with Crippen LogP contribution in [0, 0.1) is 15.9 Å². The highest BCUT2D eigenvalue weighted by Gasteiger charge is 2.17. The summed E-state index contributed by atoms with van der Waals surface area (Å²) in [6.45, 7) is 1.88. The molecular formula is C14H12BrFN2O2. The Morgan fingerprint density at radius 2 is 2.05 bits per heavy atom. The van der Waals surface area contributed by atoms with Crippen LogP contribution in [0.1, 0.15) is 18.5 Å². The highest BCUT2D eigenvalue weighted by molar-refractivity contribution is 9.10. The van der Waals surface area contributed by atoms with Gasteiger partial charge in [-0.1, -0.05) is 28.1 Å². The molecule has 0 aliphatic heterocycles. The summed E-state index contributed by atoms with van der Waals surface area (Å²) in [5, 5.41) is 14.0. The van der Waals surface area contributed by atoms with E-state index in [1.807, 2.05) is 31.2 Å². The number of halogens is 2. The van der Waals surface area contributed by atoms with Gasteiger partial charge in [0.1, 0.15) is 11.5 Å². The molecule has 0 fully saturated rings. The average Bonchev–Trinajstić information content (AvgIpc) is 2.40. The highest BCUT2D eigenvalue weighted by atomic mass is 79.9. The summed E-state index contributed by atoms with van der Waals surface area (Å²) in [5.74, 6) is -0.627. The molecule has 0 bridgehead atoms. The quantitative estimate of drug-likeness (QED) is 0.651. The van der Waals surface area contributed by atoms with Crippen molar-refractivity contribution in [3.63, 3.8) is 0 Å². The van der Waals surface area contributed by atoms with Gasteiger partial charge in [-0.05, 0) is 36.8 Å². The molecule has 0 spiro atoms. The summed E-state index contributed by atoms with van der Waals surface area (Å²) < 4.78 is 14.0. The van der Waals surface area contributed by atoms with Crippen molar-refractivity contribution in [2.75, 3.05) is 5.32 Å². The van der Waals surface area contributed by atoms with E-state index < -0.39 is 10.7 Å². The van der Waals surface area contributed by atoms with E-state index in [2.05, 4.69) is 21.2 Å². The smallest absolute Gasteiger partial charge is 0.295 e. The maximum atomic E-state index is 13.1. The first-order valence-electron chi connectivity index (χ1n) is 5.93. The lowest BCUT2D eigenvalue weighted by molar-refractivity contribution is -0.384. The normalized spacial score (nSPS) is 11.9. The number of benzene rings is 2. The summed E-state index contributed by atoms with van der Waals surface area (Å²) in [4.78, 5) is 10.3. The molecule has 1 atom stereocenters. The number of nitrogens with zero attached hydrogens (tertiary/aromatic N) is 1. The molecule has 1 N–H and O–H groups in total. The first-order valence-corrected chi connectivity index (χ1v) is 6.72. The van der Waals surface area contributed by atoms with E-state index in [0.29, 0.717) is 5.69 Å². The lowest BCUT2D eigenvalue weighted by Gasteiger charge is -2.16. The number of hydrogen-bond acceptors (Lipinski definition) is 3. The predicted molar refractivity (Wildman–Crippen MR) is 79.2 cm³/mol. The molecule has 0 heterocycles. The fourth-order valence-corrected chi connectivity index (χ4v) is 2.29. The monoisotopic (exact) mass is 338 g/mol. The lowest BCUT2D eigenvalue weighted by Crippen LogP contribution is -2.08. The molecule has 1 unspecified atom stereocenters. The maximum absolute atomic E-state index is 13.1. The zero-order valence-corrected chi connectivity index (χ0v) is 12.2. The van der Waals surface area contributed by atoms with Crippen molar-refractivity contribution in [2.24, 2.45) is 0 Å². The van der Waals surface area contributed by atoms with Gasteiger partial charge >= 0.3 is 0 Å². The first-order chi connectivity index (χ1) is 9.47. The summed E-state index contributed by atoms with van der Waals surface area (Å²) in [5.41, 5.74) is 0.994. The summed E-state index contributed by atoms with van der Waals surface area (Å²) in [6.07, 6.45) is 0.